The van der Waals surface area contributed by atoms with E-state index < -0.39 is 57.6 Å². The van der Waals surface area contributed by atoms with Crippen LogP contribution in [0.1, 0.15) is 117 Å². The van der Waals surface area contributed by atoms with Crippen molar-refractivity contribution in [3.8, 4) is 0 Å². The Morgan fingerprint density at radius 2 is 1.04 bits per heavy atom. The number of esters is 1. The lowest BCUT2D eigenvalue weighted by Crippen LogP contribution is -2.43. The summed E-state index contributed by atoms with van der Waals surface area (Å²) in [5, 5.41) is 21.7. The molecule has 0 spiro atoms. The number of carbonyl (C=O) groups excluding carboxylic acids is 2. The molecule has 11 nitrogen and oxygen atoms in total. The molecule has 0 rings (SSSR count). The average molecular weight is 776 g/mol. The number of allylic oxidation sites excluding steroid dienone is 16. The largest absolute Gasteiger partial charge is 0.480 e. The van der Waals surface area contributed by atoms with Crippen molar-refractivity contribution >= 4 is 25.7 Å². The Labute approximate surface area is 323 Å². The second-order valence-electron chi connectivity index (χ2n) is 12.3. The first kappa shape index (κ1) is 50.4. The number of amides is 1. The molecule has 0 aromatic rings. The van der Waals surface area contributed by atoms with Crippen LogP contribution in [0.3, 0.4) is 0 Å². The van der Waals surface area contributed by atoms with Gasteiger partial charge in [0.2, 0.25) is 5.91 Å². The molecule has 0 bridgehead atoms. The van der Waals surface area contributed by atoms with E-state index in [1.54, 1.807) is 0 Å². The number of phosphoric ester groups is 1. The number of aliphatic carboxylic acids is 1. The molecule has 0 aromatic heterocycles. The number of ether oxygens (including phenoxy) is 1. The molecule has 0 aliphatic heterocycles. The second-order valence-corrected chi connectivity index (χ2v) is 13.8. The van der Waals surface area contributed by atoms with Crippen molar-refractivity contribution in [2.45, 2.75) is 129 Å². The van der Waals surface area contributed by atoms with Crippen molar-refractivity contribution in [2.24, 2.45) is 0 Å². The number of hydrogen-bond acceptors (Lipinski definition) is 8. The normalized spacial score (nSPS) is 14.9. The van der Waals surface area contributed by atoms with E-state index in [0.29, 0.717) is 19.3 Å². The van der Waals surface area contributed by atoms with Crippen LogP contribution in [0.5, 0.6) is 0 Å². The molecule has 0 aliphatic carbocycles. The number of rotatable bonds is 34. The topological polar surface area (TPSA) is 169 Å². The molecule has 0 fully saturated rings. The summed E-state index contributed by atoms with van der Waals surface area (Å²) in [7, 11) is -4.78. The van der Waals surface area contributed by atoms with E-state index in [-0.39, 0.29) is 12.8 Å². The summed E-state index contributed by atoms with van der Waals surface area (Å²) >= 11 is 0. The van der Waals surface area contributed by atoms with Crippen LogP contribution in [0.2, 0.25) is 0 Å². The molecule has 0 aromatic carbocycles. The molecule has 0 radical (unpaired) electrons. The minimum atomic E-state index is -4.78. The number of carboxylic acid groups (broad SMARTS) is 1. The molecule has 0 aliphatic rings. The summed E-state index contributed by atoms with van der Waals surface area (Å²) < 4.78 is 26.7. The second kappa shape index (κ2) is 36.4. The molecule has 304 valence electrons. The first-order valence-electron chi connectivity index (χ1n) is 19.3. The third kappa shape index (κ3) is 35.4. The molecule has 0 heterocycles. The summed E-state index contributed by atoms with van der Waals surface area (Å²) in [6.07, 6.45) is 44.5. The summed E-state index contributed by atoms with van der Waals surface area (Å²) in [6.45, 7) is 2.24. The Morgan fingerprint density at radius 1 is 0.593 bits per heavy atom. The van der Waals surface area contributed by atoms with Gasteiger partial charge in [-0.05, 0) is 83.5 Å². The molecule has 3 unspecified atom stereocenters. The van der Waals surface area contributed by atoms with Gasteiger partial charge in [0.25, 0.3) is 0 Å². The number of carboxylic acids is 1. The van der Waals surface area contributed by atoms with Gasteiger partial charge in [-0.1, -0.05) is 117 Å². The Bertz CT molecular complexity index is 1280. The zero-order chi connectivity index (χ0) is 40.0. The fraction of sp³-hybridized carbons (Fsp3) is 0.548. The van der Waals surface area contributed by atoms with E-state index in [4.69, 9.17) is 13.8 Å². The van der Waals surface area contributed by atoms with Crippen LogP contribution < -0.4 is 5.32 Å². The molecular formula is C42H66NO10P. The molecule has 12 heteroatoms. The fourth-order valence-electron chi connectivity index (χ4n) is 4.42. The number of carbonyl (C=O) groups is 3. The van der Waals surface area contributed by atoms with Gasteiger partial charge >= 0.3 is 19.8 Å². The molecule has 0 saturated heterocycles. The Balaban J connectivity index is 4.09. The number of nitrogens with one attached hydrogen (secondary N) is 1. The Kier molecular flexibility index (Phi) is 34.0. The molecule has 3 atom stereocenters. The standard InChI is InChI=1S/C42H66NO10P/c1-3-5-7-9-11-13-15-17-18-19-20-22-24-26-28-30-32-34-41(46)51-35-38(44)36-52-54(49,50)53-37-39(42(47)48)43-40(45)33-31-29-27-25-23-21-16-14-12-10-8-6-4-2/h5-8,11-14,17-18,20-23,26,28,38-39,44H,3-4,9-10,15-16,19,24-25,27,29-37H2,1-2H3,(H,43,45)(H,47,48)(H,49,50)/b7-5-,8-6-,13-11-,14-12-,18-17-,22-20-,23-21-,28-26-. The lowest BCUT2D eigenvalue weighted by molar-refractivity contribution is -0.147. The highest BCUT2D eigenvalue weighted by Crippen LogP contribution is 2.43. The van der Waals surface area contributed by atoms with Gasteiger partial charge in [0.1, 0.15) is 12.7 Å². The van der Waals surface area contributed by atoms with Crippen LogP contribution in [0.25, 0.3) is 0 Å². The quantitative estimate of drug-likeness (QED) is 0.0214. The van der Waals surface area contributed by atoms with Gasteiger partial charge in [-0.2, -0.15) is 0 Å². The van der Waals surface area contributed by atoms with E-state index in [1.165, 1.54) is 0 Å². The highest BCUT2D eigenvalue weighted by molar-refractivity contribution is 7.47. The molecule has 4 N–H and O–H groups in total. The third-order valence-corrected chi connectivity index (χ3v) is 8.32. The summed E-state index contributed by atoms with van der Waals surface area (Å²) in [4.78, 5) is 45.7. The van der Waals surface area contributed by atoms with Gasteiger partial charge in [0.15, 0.2) is 6.04 Å². The number of unbranched alkanes of at least 4 members (excludes halogenated alkanes) is 4. The predicted molar refractivity (Wildman–Crippen MR) is 217 cm³/mol. The number of hydrogen-bond donors (Lipinski definition) is 4. The van der Waals surface area contributed by atoms with Crippen LogP contribution in [0.4, 0.5) is 0 Å². The van der Waals surface area contributed by atoms with Gasteiger partial charge < -0.3 is 25.2 Å². The fourth-order valence-corrected chi connectivity index (χ4v) is 5.19. The summed E-state index contributed by atoms with van der Waals surface area (Å²) in [5.41, 5.74) is 0. The molecule has 54 heavy (non-hydrogen) atoms. The van der Waals surface area contributed by atoms with Crippen molar-refractivity contribution in [3.05, 3.63) is 97.2 Å². The maximum absolute atomic E-state index is 12.2. The van der Waals surface area contributed by atoms with Crippen LogP contribution >= 0.6 is 7.82 Å². The van der Waals surface area contributed by atoms with E-state index in [9.17, 15) is 34.1 Å². The highest BCUT2D eigenvalue weighted by Gasteiger charge is 2.28. The van der Waals surface area contributed by atoms with Crippen LogP contribution in [0.15, 0.2) is 97.2 Å². The Morgan fingerprint density at radius 3 is 1.52 bits per heavy atom. The summed E-state index contributed by atoms with van der Waals surface area (Å²) in [6, 6.07) is -1.57. The zero-order valence-corrected chi connectivity index (χ0v) is 33.4. The van der Waals surface area contributed by atoms with Crippen molar-refractivity contribution in [1.82, 2.24) is 5.32 Å². The minimum Gasteiger partial charge on any atom is -0.480 e. The number of aliphatic hydroxyl groups excluding tert-OH is 1. The van der Waals surface area contributed by atoms with Gasteiger partial charge in [-0.3, -0.25) is 18.6 Å². The number of aliphatic hydroxyl groups is 1. The van der Waals surface area contributed by atoms with E-state index in [2.05, 4.69) is 104 Å². The zero-order valence-electron chi connectivity index (χ0n) is 32.5. The first-order chi connectivity index (χ1) is 26.1. The SMILES string of the molecule is CC/C=C\C/C=C\C/C=C\C/C=C\C/C=C\CCCC(=O)OCC(O)COP(=O)(O)OCC(NC(=O)CCCCC/C=C\C/C=C\C/C=C\CC)C(=O)O. The third-order valence-electron chi connectivity index (χ3n) is 7.37. The van der Waals surface area contributed by atoms with Crippen molar-refractivity contribution in [1.29, 1.82) is 0 Å². The monoisotopic (exact) mass is 775 g/mol. The first-order valence-corrected chi connectivity index (χ1v) is 20.8. The van der Waals surface area contributed by atoms with Crippen molar-refractivity contribution in [2.75, 3.05) is 19.8 Å². The Hall–Kier alpha value is -3.60. The maximum atomic E-state index is 12.2. The van der Waals surface area contributed by atoms with Crippen molar-refractivity contribution in [3.63, 3.8) is 0 Å². The maximum Gasteiger partial charge on any atom is 0.472 e. The van der Waals surface area contributed by atoms with Gasteiger partial charge in [0.05, 0.1) is 13.2 Å². The molecular weight excluding hydrogens is 709 g/mol. The van der Waals surface area contributed by atoms with Gasteiger partial charge in [-0.25, -0.2) is 9.36 Å². The molecule has 0 saturated carbocycles. The van der Waals surface area contributed by atoms with E-state index >= 15 is 0 Å². The number of phosphoric acid groups is 1. The average Bonchev–Trinajstić information content (AvgIpc) is 3.14. The van der Waals surface area contributed by atoms with Crippen LogP contribution in [0, 0.1) is 0 Å². The lowest BCUT2D eigenvalue weighted by Gasteiger charge is -2.18. The van der Waals surface area contributed by atoms with Gasteiger partial charge in [-0.15, -0.1) is 0 Å². The van der Waals surface area contributed by atoms with Crippen LogP contribution in [-0.4, -0.2) is 64.9 Å². The van der Waals surface area contributed by atoms with E-state index in [0.717, 1.165) is 70.6 Å². The highest BCUT2D eigenvalue weighted by atomic mass is 31.2. The van der Waals surface area contributed by atoms with E-state index in [1.807, 2.05) is 12.2 Å². The van der Waals surface area contributed by atoms with Gasteiger partial charge in [0, 0.05) is 12.8 Å². The summed E-state index contributed by atoms with van der Waals surface area (Å²) in [5.74, 6) is -2.50. The lowest BCUT2D eigenvalue weighted by atomic mass is 10.1. The van der Waals surface area contributed by atoms with Crippen LogP contribution in [-0.2, 0) is 32.7 Å². The van der Waals surface area contributed by atoms with Crippen molar-refractivity contribution < 1.29 is 47.8 Å². The molecule has 1 amide bonds. The smallest absolute Gasteiger partial charge is 0.472 e. The minimum absolute atomic E-state index is 0.100. The predicted octanol–water partition coefficient (Wildman–Crippen LogP) is 9.32.